The maximum absolute atomic E-state index is 13.6. The number of nitrogens with one attached hydrogen (secondary N) is 1. The Kier molecular flexibility index (Phi) is 4.89. The predicted molar refractivity (Wildman–Crippen MR) is 70.6 cm³/mol. The maximum Gasteiger partial charge on any atom is 0.185 e. The smallest absolute Gasteiger partial charge is 0.185 e. The highest BCUT2D eigenvalue weighted by Gasteiger charge is 2.25. The van der Waals surface area contributed by atoms with Gasteiger partial charge in [-0.25, -0.2) is 17.6 Å². The summed E-state index contributed by atoms with van der Waals surface area (Å²) in [6.45, 7) is 2.13. The van der Waals surface area contributed by atoms with Gasteiger partial charge >= 0.3 is 0 Å². The lowest BCUT2D eigenvalue weighted by Gasteiger charge is -2.29. The second kappa shape index (κ2) is 6.46. The quantitative estimate of drug-likeness (QED) is 0.606. The zero-order chi connectivity index (χ0) is 14.7. The summed E-state index contributed by atoms with van der Waals surface area (Å²) in [5, 5.41) is 2.63. The Morgan fingerprint density at radius 2 is 1.55 bits per heavy atom. The Hall–Kier alpha value is -1.26. The van der Waals surface area contributed by atoms with Crippen molar-refractivity contribution in [2.45, 2.75) is 51.5 Å². The molecule has 0 bridgehead atoms. The monoisotopic (exact) mass is 289 g/mol. The van der Waals surface area contributed by atoms with E-state index in [0.717, 1.165) is 38.5 Å². The van der Waals surface area contributed by atoms with Crippen LogP contribution in [-0.2, 0) is 0 Å². The van der Waals surface area contributed by atoms with Gasteiger partial charge in [0.2, 0.25) is 0 Å². The maximum atomic E-state index is 13.6. The summed E-state index contributed by atoms with van der Waals surface area (Å²) < 4.78 is 53.3. The Labute approximate surface area is 116 Å². The highest BCUT2D eigenvalue weighted by molar-refractivity contribution is 5.48. The standard InChI is InChI=1S/C15H19F4N/c1-2-3-9-4-6-10(7-5-9)20-15-13(18)11(16)8-12(17)14(15)19/h8-10,20H,2-7H2,1H3. The largest absolute Gasteiger partial charge is 0.377 e. The van der Waals surface area contributed by atoms with E-state index in [1.54, 1.807) is 0 Å². The van der Waals surface area contributed by atoms with Crippen LogP contribution in [0.15, 0.2) is 6.07 Å². The van der Waals surface area contributed by atoms with Gasteiger partial charge in [0.25, 0.3) is 0 Å². The lowest BCUT2D eigenvalue weighted by Crippen LogP contribution is -2.27. The van der Waals surface area contributed by atoms with Crippen LogP contribution in [0.1, 0.15) is 45.4 Å². The van der Waals surface area contributed by atoms with Crippen molar-refractivity contribution < 1.29 is 17.6 Å². The molecule has 0 unspecified atom stereocenters. The number of hydrogen-bond acceptors (Lipinski definition) is 1. The summed E-state index contributed by atoms with van der Waals surface area (Å²) in [5.74, 6) is -4.78. The third kappa shape index (κ3) is 3.25. The molecule has 0 radical (unpaired) electrons. The summed E-state index contributed by atoms with van der Waals surface area (Å²) in [6, 6.07) is 0.0990. The molecule has 0 atom stereocenters. The van der Waals surface area contributed by atoms with E-state index in [4.69, 9.17) is 0 Å². The minimum absolute atomic E-state index is 0.131. The van der Waals surface area contributed by atoms with Crippen molar-refractivity contribution >= 4 is 5.69 Å². The van der Waals surface area contributed by atoms with Crippen molar-refractivity contribution in [1.29, 1.82) is 0 Å². The van der Waals surface area contributed by atoms with Gasteiger partial charge in [-0.1, -0.05) is 19.8 Å². The van der Waals surface area contributed by atoms with E-state index >= 15 is 0 Å². The van der Waals surface area contributed by atoms with E-state index in [-0.39, 0.29) is 12.1 Å². The van der Waals surface area contributed by atoms with Gasteiger partial charge in [-0.2, -0.15) is 0 Å². The van der Waals surface area contributed by atoms with E-state index in [1.807, 2.05) is 0 Å². The molecule has 1 saturated carbocycles. The Bertz CT molecular complexity index is 441. The summed E-state index contributed by atoms with van der Waals surface area (Å²) in [5.41, 5.74) is -0.679. The van der Waals surface area contributed by atoms with Crippen LogP contribution in [0, 0.1) is 29.2 Å². The second-order valence-electron chi connectivity index (χ2n) is 5.49. The minimum Gasteiger partial charge on any atom is -0.377 e. The predicted octanol–water partition coefficient (Wildman–Crippen LogP) is 5.01. The average molecular weight is 289 g/mol. The van der Waals surface area contributed by atoms with Crippen molar-refractivity contribution in [3.8, 4) is 0 Å². The van der Waals surface area contributed by atoms with Gasteiger partial charge in [0, 0.05) is 12.1 Å². The second-order valence-corrected chi connectivity index (χ2v) is 5.49. The lowest BCUT2D eigenvalue weighted by molar-refractivity contribution is 0.317. The fraction of sp³-hybridized carbons (Fsp3) is 0.600. The molecular formula is C15H19F4N. The highest BCUT2D eigenvalue weighted by Crippen LogP contribution is 2.31. The van der Waals surface area contributed by atoms with Crippen LogP contribution in [0.25, 0.3) is 0 Å². The number of hydrogen-bond donors (Lipinski definition) is 1. The molecule has 0 aliphatic heterocycles. The molecule has 1 N–H and O–H groups in total. The first-order valence-corrected chi connectivity index (χ1v) is 7.12. The molecular weight excluding hydrogens is 270 g/mol. The SMILES string of the molecule is CCCC1CCC(Nc2c(F)c(F)cc(F)c2F)CC1. The van der Waals surface area contributed by atoms with E-state index in [2.05, 4.69) is 12.2 Å². The van der Waals surface area contributed by atoms with Crippen LogP contribution >= 0.6 is 0 Å². The Morgan fingerprint density at radius 3 is 2.05 bits per heavy atom. The highest BCUT2D eigenvalue weighted by atomic mass is 19.2. The molecule has 1 aromatic carbocycles. The lowest BCUT2D eigenvalue weighted by atomic mass is 9.83. The van der Waals surface area contributed by atoms with Crippen molar-refractivity contribution in [1.82, 2.24) is 0 Å². The molecule has 1 nitrogen and oxygen atoms in total. The van der Waals surface area contributed by atoms with E-state index in [0.29, 0.717) is 5.92 Å². The third-order valence-electron chi connectivity index (χ3n) is 4.00. The van der Waals surface area contributed by atoms with Crippen molar-refractivity contribution in [3.05, 3.63) is 29.3 Å². The van der Waals surface area contributed by atoms with Crippen molar-refractivity contribution in [2.75, 3.05) is 5.32 Å². The summed E-state index contributed by atoms with van der Waals surface area (Å²) in [7, 11) is 0. The molecule has 2 rings (SSSR count). The number of halogens is 4. The van der Waals surface area contributed by atoms with Crippen LogP contribution in [0.3, 0.4) is 0 Å². The van der Waals surface area contributed by atoms with Gasteiger partial charge < -0.3 is 5.32 Å². The third-order valence-corrected chi connectivity index (χ3v) is 4.00. The van der Waals surface area contributed by atoms with Gasteiger partial charge in [-0.05, 0) is 31.6 Å². The zero-order valence-electron chi connectivity index (χ0n) is 11.5. The molecule has 112 valence electrons. The van der Waals surface area contributed by atoms with Crippen LogP contribution in [0.5, 0.6) is 0 Å². The first kappa shape index (κ1) is 15.1. The van der Waals surface area contributed by atoms with Crippen molar-refractivity contribution in [3.63, 3.8) is 0 Å². The fourth-order valence-electron chi connectivity index (χ4n) is 2.91. The molecule has 0 heterocycles. The van der Waals surface area contributed by atoms with Gasteiger partial charge in [0.15, 0.2) is 23.3 Å². The zero-order valence-corrected chi connectivity index (χ0v) is 11.5. The summed E-state index contributed by atoms with van der Waals surface area (Å²) >= 11 is 0. The van der Waals surface area contributed by atoms with E-state index in [1.165, 1.54) is 0 Å². The van der Waals surface area contributed by atoms with Gasteiger partial charge in [-0.3, -0.25) is 0 Å². The Balaban J connectivity index is 2.05. The molecule has 0 saturated heterocycles. The molecule has 0 spiro atoms. The number of benzene rings is 1. The Morgan fingerprint density at radius 1 is 1.00 bits per heavy atom. The topological polar surface area (TPSA) is 12.0 Å². The molecule has 20 heavy (non-hydrogen) atoms. The molecule has 1 aromatic rings. The van der Waals surface area contributed by atoms with E-state index < -0.39 is 29.0 Å². The molecule has 1 aliphatic rings. The molecule has 5 heteroatoms. The summed E-state index contributed by atoms with van der Waals surface area (Å²) in [6.07, 6.45) is 5.77. The number of rotatable bonds is 4. The molecule has 1 aliphatic carbocycles. The first-order valence-electron chi connectivity index (χ1n) is 7.12. The van der Waals surface area contributed by atoms with Crippen molar-refractivity contribution in [2.24, 2.45) is 5.92 Å². The number of anilines is 1. The normalized spacial score (nSPS) is 22.9. The summed E-state index contributed by atoms with van der Waals surface area (Å²) in [4.78, 5) is 0. The molecule has 0 aromatic heterocycles. The van der Waals surface area contributed by atoms with Gasteiger partial charge in [0.1, 0.15) is 5.69 Å². The van der Waals surface area contributed by atoms with Crippen LogP contribution in [-0.4, -0.2) is 6.04 Å². The van der Waals surface area contributed by atoms with Crippen LogP contribution in [0.2, 0.25) is 0 Å². The minimum atomic E-state index is -1.37. The first-order chi connectivity index (χ1) is 9.52. The fourth-order valence-corrected chi connectivity index (χ4v) is 2.91. The molecule has 0 amide bonds. The van der Waals surface area contributed by atoms with Gasteiger partial charge in [-0.15, -0.1) is 0 Å². The van der Waals surface area contributed by atoms with Crippen LogP contribution in [0.4, 0.5) is 23.2 Å². The molecule has 1 fully saturated rings. The van der Waals surface area contributed by atoms with Gasteiger partial charge in [0.05, 0.1) is 0 Å². The van der Waals surface area contributed by atoms with Crippen LogP contribution < -0.4 is 5.32 Å². The van der Waals surface area contributed by atoms with E-state index in [9.17, 15) is 17.6 Å². The average Bonchev–Trinajstić information content (AvgIpc) is 2.43.